The molecule has 0 unspecified atom stereocenters. The lowest BCUT2D eigenvalue weighted by Gasteiger charge is -2.20. The zero-order chi connectivity index (χ0) is 22.0. The van der Waals surface area contributed by atoms with Crippen LogP contribution in [-0.2, 0) is 6.54 Å². The first kappa shape index (κ1) is 20.7. The fourth-order valence-electron chi connectivity index (χ4n) is 3.09. The highest BCUT2D eigenvalue weighted by molar-refractivity contribution is 7.22. The van der Waals surface area contributed by atoms with Crippen LogP contribution in [0.1, 0.15) is 15.9 Å². The summed E-state index contributed by atoms with van der Waals surface area (Å²) in [5.74, 6) is -0.991. The van der Waals surface area contributed by atoms with Crippen LogP contribution in [0.4, 0.5) is 13.9 Å². The number of pyridine rings is 1. The van der Waals surface area contributed by atoms with Crippen LogP contribution in [0.5, 0.6) is 11.5 Å². The van der Waals surface area contributed by atoms with E-state index in [-0.39, 0.29) is 23.1 Å². The lowest BCUT2D eigenvalue weighted by Crippen LogP contribution is -2.30. The van der Waals surface area contributed by atoms with Crippen molar-refractivity contribution in [1.29, 1.82) is 0 Å². The van der Waals surface area contributed by atoms with Crippen molar-refractivity contribution in [2.24, 2.45) is 0 Å². The van der Waals surface area contributed by atoms with Gasteiger partial charge in [0.1, 0.15) is 11.3 Å². The number of halogens is 2. The molecule has 0 aliphatic carbocycles. The normalized spacial score (nSPS) is 10.8. The van der Waals surface area contributed by atoms with Crippen LogP contribution in [0.2, 0.25) is 0 Å². The van der Waals surface area contributed by atoms with Gasteiger partial charge in [-0.2, -0.15) is 0 Å². The van der Waals surface area contributed by atoms with E-state index in [1.165, 1.54) is 25.2 Å². The summed E-state index contributed by atoms with van der Waals surface area (Å²) in [6.07, 6.45) is 3.25. The topological polar surface area (TPSA) is 64.5 Å². The number of rotatable bonds is 6. The lowest BCUT2D eigenvalue weighted by atomic mass is 10.1. The van der Waals surface area contributed by atoms with E-state index in [1.807, 2.05) is 6.07 Å². The quantitative estimate of drug-likeness (QED) is 0.429. The Kier molecular flexibility index (Phi) is 5.77. The fraction of sp³-hybridized carbons (Fsp3) is 0.136. The summed E-state index contributed by atoms with van der Waals surface area (Å²) in [6, 6.07) is 10.3. The average Bonchev–Trinajstić information content (AvgIpc) is 3.21. The Morgan fingerprint density at radius 1 is 1.10 bits per heavy atom. The van der Waals surface area contributed by atoms with Crippen molar-refractivity contribution in [2.75, 3.05) is 19.1 Å². The van der Waals surface area contributed by atoms with Gasteiger partial charge in [-0.25, -0.2) is 13.8 Å². The highest BCUT2D eigenvalue weighted by Crippen LogP contribution is 2.34. The molecule has 2 heterocycles. The predicted molar refractivity (Wildman–Crippen MR) is 114 cm³/mol. The van der Waals surface area contributed by atoms with Crippen molar-refractivity contribution in [2.45, 2.75) is 6.54 Å². The van der Waals surface area contributed by atoms with Gasteiger partial charge < -0.3 is 9.47 Å². The third-order valence-corrected chi connectivity index (χ3v) is 5.60. The standard InChI is InChI=1S/C22H17F2N3O3S/c1-29-17-6-5-14(8-18(17)30-2)21(28)27(12-13-4-3-7-25-11-13)22-26-20-16(24)9-15(23)10-19(20)31-22/h3-11H,12H2,1-2H3. The number of carbonyl (C=O) groups is 1. The van der Waals surface area contributed by atoms with Gasteiger partial charge >= 0.3 is 0 Å². The number of anilines is 1. The Morgan fingerprint density at radius 3 is 2.61 bits per heavy atom. The molecule has 0 aliphatic heterocycles. The molecule has 158 valence electrons. The summed E-state index contributed by atoms with van der Waals surface area (Å²) in [7, 11) is 2.98. The van der Waals surface area contributed by atoms with Gasteiger partial charge in [-0.05, 0) is 35.9 Å². The van der Waals surface area contributed by atoms with E-state index in [4.69, 9.17) is 9.47 Å². The van der Waals surface area contributed by atoms with Gasteiger partial charge in [-0.1, -0.05) is 17.4 Å². The van der Waals surface area contributed by atoms with Gasteiger partial charge in [0.25, 0.3) is 5.91 Å². The molecule has 0 bridgehead atoms. The summed E-state index contributed by atoms with van der Waals surface area (Å²) in [5, 5.41) is 0.239. The van der Waals surface area contributed by atoms with Crippen LogP contribution in [0.25, 0.3) is 10.2 Å². The zero-order valence-corrected chi connectivity index (χ0v) is 17.5. The molecule has 0 radical (unpaired) electrons. The van der Waals surface area contributed by atoms with Gasteiger partial charge in [-0.3, -0.25) is 14.7 Å². The molecule has 0 atom stereocenters. The molecule has 0 aliphatic rings. The number of benzene rings is 2. The predicted octanol–water partition coefficient (Wildman–Crippen LogP) is 4.83. The highest BCUT2D eigenvalue weighted by Gasteiger charge is 2.24. The summed E-state index contributed by atoms with van der Waals surface area (Å²) < 4.78 is 38.7. The lowest BCUT2D eigenvalue weighted by molar-refractivity contribution is 0.0984. The van der Waals surface area contributed by atoms with E-state index in [2.05, 4.69) is 9.97 Å². The highest BCUT2D eigenvalue weighted by atomic mass is 32.1. The Hall–Kier alpha value is -3.59. The number of carbonyl (C=O) groups excluding carboxylic acids is 1. The summed E-state index contributed by atoms with van der Waals surface area (Å²) in [5.41, 5.74) is 1.09. The first-order valence-corrected chi connectivity index (χ1v) is 10.00. The SMILES string of the molecule is COc1ccc(C(=O)N(Cc2cccnc2)c2nc3c(F)cc(F)cc3s2)cc1OC. The minimum absolute atomic E-state index is 0.0118. The van der Waals surface area contributed by atoms with Gasteiger partial charge in [-0.15, -0.1) is 0 Å². The van der Waals surface area contributed by atoms with Crippen LogP contribution in [0.15, 0.2) is 54.9 Å². The first-order valence-electron chi connectivity index (χ1n) is 9.18. The van der Waals surface area contributed by atoms with Crippen molar-refractivity contribution in [3.05, 3.63) is 77.6 Å². The van der Waals surface area contributed by atoms with Gasteiger partial charge in [0.15, 0.2) is 22.4 Å². The van der Waals surface area contributed by atoms with Crippen LogP contribution in [-0.4, -0.2) is 30.1 Å². The first-order chi connectivity index (χ1) is 15.0. The maximum Gasteiger partial charge on any atom is 0.260 e. The van der Waals surface area contributed by atoms with E-state index in [0.29, 0.717) is 21.8 Å². The second kappa shape index (κ2) is 8.65. The molecule has 0 N–H and O–H groups in total. The number of hydrogen-bond donors (Lipinski definition) is 0. The number of fused-ring (bicyclic) bond motifs is 1. The third-order valence-electron chi connectivity index (χ3n) is 4.57. The van der Waals surface area contributed by atoms with Gasteiger partial charge in [0.2, 0.25) is 0 Å². The van der Waals surface area contributed by atoms with E-state index in [9.17, 15) is 13.6 Å². The number of ether oxygens (including phenoxy) is 2. The van der Waals surface area contributed by atoms with Crippen molar-refractivity contribution < 1.29 is 23.0 Å². The fourth-order valence-corrected chi connectivity index (χ4v) is 4.09. The van der Waals surface area contributed by atoms with E-state index in [1.54, 1.807) is 36.7 Å². The van der Waals surface area contributed by atoms with Crippen molar-refractivity contribution in [1.82, 2.24) is 9.97 Å². The Morgan fingerprint density at radius 2 is 1.90 bits per heavy atom. The molecule has 0 saturated carbocycles. The number of nitrogens with zero attached hydrogens (tertiary/aromatic N) is 3. The summed E-state index contributed by atoms with van der Waals surface area (Å²) in [6.45, 7) is 0.144. The molecule has 6 nitrogen and oxygen atoms in total. The number of aromatic nitrogens is 2. The molecule has 0 saturated heterocycles. The third kappa shape index (κ3) is 4.17. The van der Waals surface area contributed by atoms with Crippen LogP contribution < -0.4 is 14.4 Å². The van der Waals surface area contributed by atoms with Crippen molar-refractivity contribution in [3.63, 3.8) is 0 Å². The largest absolute Gasteiger partial charge is 0.493 e. The molecule has 1 amide bonds. The van der Waals surface area contributed by atoms with Crippen molar-refractivity contribution in [3.8, 4) is 11.5 Å². The molecule has 9 heteroatoms. The molecule has 2 aromatic carbocycles. The number of methoxy groups -OCH3 is 2. The van der Waals surface area contributed by atoms with E-state index < -0.39 is 11.6 Å². The zero-order valence-electron chi connectivity index (χ0n) is 16.6. The Labute approximate surface area is 180 Å². The molecule has 4 aromatic rings. The van der Waals surface area contributed by atoms with Gasteiger partial charge in [0.05, 0.1) is 25.5 Å². The minimum atomic E-state index is -0.780. The van der Waals surface area contributed by atoms with Crippen molar-refractivity contribution >= 4 is 32.6 Å². The van der Waals surface area contributed by atoms with E-state index >= 15 is 0 Å². The van der Waals surface area contributed by atoms with Crippen LogP contribution in [0, 0.1) is 11.6 Å². The molecular formula is C22H17F2N3O3S. The molecular weight excluding hydrogens is 424 g/mol. The molecule has 4 rings (SSSR count). The minimum Gasteiger partial charge on any atom is -0.493 e. The molecule has 0 fully saturated rings. The Bertz CT molecular complexity index is 1250. The molecule has 0 spiro atoms. The van der Waals surface area contributed by atoms with Crippen LogP contribution in [0.3, 0.4) is 0 Å². The number of amides is 1. The summed E-state index contributed by atoms with van der Waals surface area (Å²) in [4.78, 5) is 23.2. The second-order valence-corrected chi connectivity index (χ2v) is 7.56. The van der Waals surface area contributed by atoms with E-state index in [0.717, 1.165) is 23.0 Å². The Balaban J connectivity index is 1.79. The smallest absolute Gasteiger partial charge is 0.260 e. The monoisotopic (exact) mass is 441 g/mol. The maximum atomic E-state index is 14.2. The summed E-state index contributed by atoms with van der Waals surface area (Å²) >= 11 is 1.03. The second-order valence-electron chi connectivity index (χ2n) is 6.55. The maximum absolute atomic E-state index is 14.2. The molecule has 2 aromatic heterocycles. The number of thiazole rings is 1. The average molecular weight is 441 g/mol. The van der Waals surface area contributed by atoms with Crippen LogP contribution >= 0.6 is 11.3 Å². The molecule has 31 heavy (non-hydrogen) atoms. The van der Waals surface area contributed by atoms with Gasteiger partial charge in [0, 0.05) is 24.0 Å². The number of hydrogen-bond acceptors (Lipinski definition) is 6.